The van der Waals surface area contributed by atoms with Gasteiger partial charge in [-0.3, -0.25) is 4.98 Å². The fourth-order valence-corrected chi connectivity index (χ4v) is 5.48. The Labute approximate surface area is 213 Å². The molecule has 0 atom stereocenters. The van der Waals surface area contributed by atoms with Gasteiger partial charge in [0.05, 0.1) is 18.8 Å². The first kappa shape index (κ1) is 22.5. The van der Waals surface area contributed by atoms with Gasteiger partial charge in [-0.25, -0.2) is 4.98 Å². The van der Waals surface area contributed by atoms with Gasteiger partial charge in [0, 0.05) is 51.6 Å². The zero-order chi connectivity index (χ0) is 24.3. The van der Waals surface area contributed by atoms with Crippen molar-refractivity contribution in [1.29, 1.82) is 0 Å². The van der Waals surface area contributed by atoms with Crippen molar-refractivity contribution in [1.82, 2.24) is 20.2 Å². The standard InChI is InChI=1S/C28H26N6OS/c1-35-20-17-24-26(30-18-20)25(13-14-29-24)36-21-11-9-19(10-12-21)31-27-22-7-3-4-8-23(22)28(33-32-27)34-15-5-2-6-16-34/h3-4,7-14,17-18H,2,5-6,15-16H2,1H3,(H,31,32). The summed E-state index contributed by atoms with van der Waals surface area (Å²) in [7, 11) is 1.63. The molecule has 0 spiro atoms. The maximum atomic E-state index is 5.28. The molecule has 1 aliphatic heterocycles. The minimum absolute atomic E-state index is 0.701. The van der Waals surface area contributed by atoms with Crippen LogP contribution in [0.3, 0.4) is 0 Å². The molecule has 3 aromatic heterocycles. The lowest BCUT2D eigenvalue weighted by Gasteiger charge is -2.28. The number of benzene rings is 2. The Balaban J connectivity index is 1.23. The third kappa shape index (κ3) is 4.52. The Morgan fingerprint density at radius 3 is 2.50 bits per heavy atom. The predicted molar refractivity (Wildman–Crippen MR) is 146 cm³/mol. The summed E-state index contributed by atoms with van der Waals surface area (Å²) in [6.45, 7) is 2.08. The number of hydrogen-bond donors (Lipinski definition) is 1. The van der Waals surface area contributed by atoms with Gasteiger partial charge in [0.1, 0.15) is 11.3 Å². The van der Waals surface area contributed by atoms with E-state index in [0.717, 1.165) is 62.0 Å². The lowest BCUT2D eigenvalue weighted by molar-refractivity contribution is 0.413. The highest BCUT2D eigenvalue weighted by molar-refractivity contribution is 7.99. The zero-order valence-corrected chi connectivity index (χ0v) is 20.8. The monoisotopic (exact) mass is 494 g/mol. The molecule has 0 radical (unpaired) electrons. The number of rotatable bonds is 6. The van der Waals surface area contributed by atoms with Crippen LogP contribution in [0.4, 0.5) is 17.3 Å². The van der Waals surface area contributed by atoms with Gasteiger partial charge >= 0.3 is 0 Å². The molecular formula is C28H26N6OS. The van der Waals surface area contributed by atoms with Crippen LogP contribution in [0.5, 0.6) is 5.75 Å². The smallest absolute Gasteiger partial charge is 0.161 e. The second-order valence-corrected chi connectivity index (χ2v) is 9.88. The molecule has 8 heteroatoms. The Morgan fingerprint density at radius 2 is 1.69 bits per heavy atom. The van der Waals surface area contributed by atoms with E-state index < -0.39 is 0 Å². The first-order valence-electron chi connectivity index (χ1n) is 12.1. The van der Waals surface area contributed by atoms with Crippen LogP contribution < -0.4 is 15.0 Å². The highest BCUT2D eigenvalue weighted by Gasteiger charge is 2.17. The third-order valence-corrected chi connectivity index (χ3v) is 7.48. The van der Waals surface area contributed by atoms with Crippen molar-refractivity contribution in [3.8, 4) is 5.75 Å². The Hall–Kier alpha value is -3.91. The summed E-state index contributed by atoms with van der Waals surface area (Å²) in [6, 6.07) is 20.6. The molecule has 1 saturated heterocycles. The van der Waals surface area contributed by atoms with E-state index in [-0.39, 0.29) is 0 Å². The first-order valence-corrected chi connectivity index (χ1v) is 12.9. The van der Waals surface area contributed by atoms with E-state index in [1.165, 1.54) is 19.3 Å². The first-order chi connectivity index (χ1) is 17.8. The number of hydrogen-bond acceptors (Lipinski definition) is 8. The molecule has 1 N–H and O–H groups in total. The number of pyridine rings is 2. The molecule has 4 heterocycles. The number of nitrogens with one attached hydrogen (secondary N) is 1. The second kappa shape index (κ2) is 9.99. The third-order valence-electron chi connectivity index (χ3n) is 6.42. The van der Waals surface area contributed by atoms with Gasteiger partial charge in [-0.2, -0.15) is 0 Å². The summed E-state index contributed by atoms with van der Waals surface area (Å²) in [5.41, 5.74) is 2.64. The number of anilines is 3. The molecule has 0 bridgehead atoms. The van der Waals surface area contributed by atoms with Crippen molar-refractivity contribution in [2.24, 2.45) is 0 Å². The molecular weight excluding hydrogens is 468 g/mol. The van der Waals surface area contributed by atoms with Crippen LogP contribution >= 0.6 is 11.8 Å². The Kier molecular flexibility index (Phi) is 6.26. The van der Waals surface area contributed by atoms with Crippen molar-refractivity contribution in [3.05, 3.63) is 73.1 Å². The molecule has 2 aromatic carbocycles. The summed E-state index contributed by atoms with van der Waals surface area (Å²) in [5.74, 6) is 2.45. The number of ether oxygens (including phenoxy) is 1. The van der Waals surface area contributed by atoms with Gasteiger partial charge in [-0.05, 0) is 49.6 Å². The quantitative estimate of drug-likeness (QED) is 0.288. The fourth-order valence-electron chi connectivity index (χ4n) is 4.57. The van der Waals surface area contributed by atoms with Crippen molar-refractivity contribution in [3.63, 3.8) is 0 Å². The molecule has 7 nitrogen and oxygen atoms in total. The van der Waals surface area contributed by atoms with E-state index in [2.05, 4.69) is 78.9 Å². The Bertz CT molecular complexity index is 1520. The summed E-state index contributed by atoms with van der Waals surface area (Å²) < 4.78 is 5.28. The summed E-state index contributed by atoms with van der Waals surface area (Å²) in [6.07, 6.45) is 7.24. The average molecular weight is 495 g/mol. The van der Waals surface area contributed by atoms with E-state index in [0.29, 0.717) is 5.75 Å². The van der Waals surface area contributed by atoms with Gasteiger partial charge < -0.3 is 15.0 Å². The van der Waals surface area contributed by atoms with Crippen LogP contribution in [0, 0.1) is 0 Å². The van der Waals surface area contributed by atoms with Crippen LogP contribution in [0.15, 0.2) is 82.8 Å². The van der Waals surface area contributed by atoms with Gasteiger partial charge in [0.2, 0.25) is 0 Å². The predicted octanol–water partition coefficient (Wildman–Crippen LogP) is 6.47. The van der Waals surface area contributed by atoms with Gasteiger partial charge in [0.25, 0.3) is 0 Å². The minimum atomic E-state index is 0.701. The second-order valence-electron chi connectivity index (χ2n) is 8.77. The van der Waals surface area contributed by atoms with E-state index >= 15 is 0 Å². The zero-order valence-electron chi connectivity index (χ0n) is 20.0. The molecule has 0 unspecified atom stereocenters. The lowest BCUT2D eigenvalue weighted by Crippen LogP contribution is -2.30. The largest absolute Gasteiger partial charge is 0.495 e. The summed E-state index contributed by atoms with van der Waals surface area (Å²) in [5, 5.41) is 14.9. The molecule has 0 amide bonds. The normalized spacial score (nSPS) is 13.8. The van der Waals surface area contributed by atoms with Crippen LogP contribution in [0.1, 0.15) is 19.3 Å². The summed E-state index contributed by atoms with van der Waals surface area (Å²) >= 11 is 1.66. The molecule has 0 saturated carbocycles. The number of piperidine rings is 1. The molecule has 5 aromatic rings. The molecule has 180 valence electrons. The van der Waals surface area contributed by atoms with Crippen LogP contribution in [-0.2, 0) is 0 Å². The average Bonchev–Trinajstić information content (AvgIpc) is 2.94. The van der Waals surface area contributed by atoms with Gasteiger partial charge in [-0.15, -0.1) is 10.2 Å². The van der Waals surface area contributed by atoms with Crippen molar-refractivity contribution >= 4 is 50.9 Å². The number of nitrogens with zero attached hydrogens (tertiary/aromatic N) is 5. The number of fused-ring (bicyclic) bond motifs is 2. The van der Waals surface area contributed by atoms with Gasteiger partial charge in [-0.1, -0.05) is 36.0 Å². The van der Waals surface area contributed by atoms with Crippen molar-refractivity contribution < 1.29 is 4.74 Å². The van der Waals surface area contributed by atoms with Crippen molar-refractivity contribution in [2.75, 3.05) is 30.4 Å². The maximum Gasteiger partial charge on any atom is 0.161 e. The molecule has 1 fully saturated rings. The van der Waals surface area contributed by atoms with Crippen LogP contribution in [-0.4, -0.2) is 40.4 Å². The fraction of sp³-hybridized carbons (Fsp3) is 0.214. The van der Waals surface area contributed by atoms with E-state index in [9.17, 15) is 0 Å². The highest BCUT2D eigenvalue weighted by atomic mass is 32.2. The molecule has 0 aliphatic carbocycles. The van der Waals surface area contributed by atoms with E-state index in [1.54, 1.807) is 31.3 Å². The Morgan fingerprint density at radius 1 is 0.889 bits per heavy atom. The molecule has 1 aliphatic rings. The number of aromatic nitrogens is 4. The van der Waals surface area contributed by atoms with Gasteiger partial charge in [0.15, 0.2) is 11.6 Å². The SMILES string of the molecule is COc1cnc2c(Sc3ccc(Nc4nnc(N5CCCCC5)c5ccccc45)cc3)ccnc2c1. The maximum absolute atomic E-state index is 5.28. The molecule has 6 rings (SSSR count). The van der Waals surface area contributed by atoms with E-state index in [4.69, 9.17) is 4.74 Å². The lowest BCUT2D eigenvalue weighted by atomic mass is 10.1. The van der Waals surface area contributed by atoms with Crippen molar-refractivity contribution in [2.45, 2.75) is 29.1 Å². The highest BCUT2D eigenvalue weighted by Crippen LogP contribution is 2.35. The van der Waals surface area contributed by atoms with Crippen LogP contribution in [0.2, 0.25) is 0 Å². The van der Waals surface area contributed by atoms with Crippen LogP contribution in [0.25, 0.3) is 21.8 Å². The minimum Gasteiger partial charge on any atom is -0.495 e. The number of methoxy groups -OCH3 is 1. The van der Waals surface area contributed by atoms with E-state index in [1.807, 2.05) is 12.1 Å². The molecule has 36 heavy (non-hydrogen) atoms. The summed E-state index contributed by atoms with van der Waals surface area (Å²) in [4.78, 5) is 13.5. The topological polar surface area (TPSA) is 76.1 Å².